The first-order valence-corrected chi connectivity index (χ1v) is 10.1. The van der Waals surface area contributed by atoms with Gasteiger partial charge in [-0.3, -0.25) is 4.79 Å². The topological polar surface area (TPSA) is 55.9 Å². The first-order chi connectivity index (χ1) is 13.5. The Kier molecular flexibility index (Phi) is 7.23. The molecule has 2 aromatic rings. The van der Waals surface area contributed by atoms with E-state index in [1.54, 1.807) is 12.1 Å². The van der Waals surface area contributed by atoms with E-state index in [0.717, 1.165) is 37.1 Å². The average molecular weight is 389 g/mol. The molecule has 5 nitrogen and oxygen atoms in total. The fourth-order valence-electron chi connectivity index (χ4n) is 3.53. The standard InChI is InChI=1S/C22H29FN2O3/c1-2-5-22(27)28-16-21(26)15-25(19-9-10-19)14-20-8-4-11-24(20)13-17-6-3-7-18(23)12-17/h3-4,6-8,11-12,19,21,26H,2,5,9-10,13-16H2,1H3/p+1/t21-/m0/s1. The van der Waals surface area contributed by atoms with Crippen molar-refractivity contribution >= 4 is 5.97 Å². The van der Waals surface area contributed by atoms with Crippen LogP contribution in [-0.4, -0.2) is 40.9 Å². The number of aliphatic hydroxyl groups excluding tert-OH is 1. The van der Waals surface area contributed by atoms with Crippen molar-refractivity contribution in [2.24, 2.45) is 0 Å². The van der Waals surface area contributed by atoms with Crippen molar-refractivity contribution in [2.45, 2.75) is 57.8 Å². The number of nitrogens with one attached hydrogen (secondary N) is 1. The number of aliphatic hydroxyl groups is 1. The van der Waals surface area contributed by atoms with Gasteiger partial charge in [-0.15, -0.1) is 0 Å². The Balaban J connectivity index is 1.58. The zero-order valence-electron chi connectivity index (χ0n) is 16.4. The molecule has 1 unspecified atom stereocenters. The van der Waals surface area contributed by atoms with E-state index in [1.807, 2.05) is 25.3 Å². The second-order valence-electron chi connectivity index (χ2n) is 7.66. The van der Waals surface area contributed by atoms with Crippen molar-refractivity contribution in [3.63, 3.8) is 0 Å². The molecule has 152 valence electrons. The number of carbonyl (C=O) groups excluding carboxylic acids is 1. The lowest BCUT2D eigenvalue weighted by atomic mass is 10.2. The third-order valence-corrected chi connectivity index (χ3v) is 5.12. The lowest BCUT2D eigenvalue weighted by Crippen LogP contribution is -3.13. The summed E-state index contributed by atoms with van der Waals surface area (Å²) < 4.78 is 20.7. The molecule has 1 aromatic heterocycles. The van der Waals surface area contributed by atoms with Gasteiger partial charge in [-0.1, -0.05) is 19.1 Å². The van der Waals surface area contributed by atoms with Crippen LogP contribution in [0.3, 0.4) is 0 Å². The van der Waals surface area contributed by atoms with Gasteiger partial charge in [0.1, 0.15) is 31.6 Å². The lowest BCUT2D eigenvalue weighted by molar-refractivity contribution is -0.928. The number of rotatable bonds is 11. The predicted octanol–water partition coefficient (Wildman–Crippen LogP) is 1.93. The van der Waals surface area contributed by atoms with E-state index in [1.165, 1.54) is 11.0 Å². The highest BCUT2D eigenvalue weighted by Crippen LogP contribution is 2.16. The van der Waals surface area contributed by atoms with Gasteiger partial charge in [0.15, 0.2) is 0 Å². The van der Waals surface area contributed by atoms with Crippen LogP contribution >= 0.6 is 0 Å². The van der Waals surface area contributed by atoms with Crippen molar-refractivity contribution < 1.29 is 23.9 Å². The number of carbonyl (C=O) groups is 1. The summed E-state index contributed by atoms with van der Waals surface area (Å²) in [5.74, 6) is -0.476. The summed E-state index contributed by atoms with van der Waals surface area (Å²) in [5, 5.41) is 10.3. The number of ether oxygens (including phenoxy) is 1. The second kappa shape index (κ2) is 9.85. The molecule has 0 amide bonds. The van der Waals surface area contributed by atoms with Gasteiger partial charge in [0.05, 0.1) is 11.7 Å². The van der Waals surface area contributed by atoms with E-state index in [9.17, 15) is 14.3 Å². The normalized spacial score (nSPS) is 16.0. The Bertz CT molecular complexity index is 773. The van der Waals surface area contributed by atoms with E-state index < -0.39 is 6.10 Å². The minimum atomic E-state index is -0.664. The van der Waals surface area contributed by atoms with Gasteiger partial charge in [-0.05, 0) is 36.2 Å². The molecule has 2 N–H and O–H groups in total. The Labute approximate surface area is 165 Å². The molecule has 1 aliphatic carbocycles. The number of benzene rings is 1. The SMILES string of the molecule is CCCC(=O)OC[C@@H](O)C[NH+](Cc1cccn1Cc1cccc(F)c1)C1CC1. The van der Waals surface area contributed by atoms with Gasteiger partial charge in [-0.25, -0.2) is 4.39 Å². The number of halogens is 1. The molecule has 0 bridgehead atoms. The zero-order chi connectivity index (χ0) is 19.9. The molecule has 0 aliphatic heterocycles. The van der Waals surface area contributed by atoms with Crippen molar-refractivity contribution in [1.29, 1.82) is 0 Å². The number of quaternary nitrogens is 1. The fourth-order valence-corrected chi connectivity index (χ4v) is 3.53. The van der Waals surface area contributed by atoms with Crippen molar-refractivity contribution in [3.05, 3.63) is 59.7 Å². The molecule has 0 radical (unpaired) electrons. The van der Waals surface area contributed by atoms with Crippen LogP contribution in [0.1, 0.15) is 43.9 Å². The van der Waals surface area contributed by atoms with Gasteiger partial charge in [-0.2, -0.15) is 0 Å². The summed E-state index contributed by atoms with van der Waals surface area (Å²) in [7, 11) is 0. The van der Waals surface area contributed by atoms with Gasteiger partial charge < -0.3 is 19.3 Å². The van der Waals surface area contributed by atoms with Crippen LogP contribution in [0.5, 0.6) is 0 Å². The largest absolute Gasteiger partial charge is 0.463 e. The molecule has 1 fully saturated rings. The van der Waals surface area contributed by atoms with Crippen LogP contribution in [0.2, 0.25) is 0 Å². The summed E-state index contributed by atoms with van der Waals surface area (Å²) in [6.07, 6.45) is 4.79. The highest BCUT2D eigenvalue weighted by Gasteiger charge is 2.35. The summed E-state index contributed by atoms with van der Waals surface area (Å²) in [4.78, 5) is 12.8. The summed E-state index contributed by atoms with van der Waals surface area (Å²) in [6, 6.07) is 11.3. The summed E-state index contributed by atoms with van der Waals surface area (Å²) >= 11 is 0. The minimum absolute atomic E-state index is 0.0549. The first-order valence-electron chi connectivity index (χ1n) is 10.1. The number of nitrogens with zero attached hydrogens (tertiary/aromatic N) is 1. The average Bonchev–Trinajstić information content (AvgIpc) is 3.42. The molecule has 28 heavy (non-hydrogen) atoms. The summed E-state index contributed by atoms with van der Waals surface area (Å²) in [5.41, 5.74) is 2.08. The molecule has 1 aliphatic rings. The Morgan fingerprint density at radius 1 is 1.36 bits per heavy atom. The van der Waals surface area contributed by atoms with Crippen molar-refractivity contribution in [2.75, 3.05) is 13.2 Å². The van der Waals surface area contributed by atoms with E-state index in [2.05, 4.69) is 10.6 Å². The fraction of sp³-hybridized carbons (Fsp3) is 0.500. The third kappa shape index (κ3) is 6.17. The van der Waals surface area contributed by atoms with Gasteiger partial charge >= 0.3 is 5.97 Å². The van der Waals surface area contributed by atoms with E-state index >= 15 is 0 Å². The van der Waals surface area contributed by atoms with Crippen LogP contribution < -0.4 is 4.90 Å². The minimum Gasteiger partial charge on any atom is -0.463 e. The first kappa shape index (κ1) is 20.6. The number of hydrogen-bond acceptors (Lipinski definition) is 3. The van der Waals surface area contributed by atoms with Crippen LogP contribution in [-0.2, 0) is 22.6 Å². The molecule has 1 heterocycles. The molecule has 1 aromatic carbocycles. The van der Waals surface area contributed by atoms with E-state index in [4.69, 9.17) is 4.74 Å². The van der Waals surface area contributed by atoms with Crippen LogP contribution in [0.25, 0.3) is 0 Å². The van der Waals surface area contributed by atoms with E-state index in [0.29, 0.717) is 25.6 Å². The predicted molar refractivity (Wildman–Crippen MR) is 104 cm³/mol. The summed E-state index contributed by atoms with van der Waals surface area (Å²) in [6.45, 7) is 3.94. The third-order valence-electron chi connectivity index (χ3n) is 5.12. The Morgan fingerprint density at radius 2 is 2.18 bits per heavy atom. The van der Waals surface area contributed by atoms with Crippen LogP contribution in [0, 0.1) is 5.82 Å². The van der Waals surface area contributed by atoms with Gasteiger partial charge in [0.25, 0.3) is 0 Å². The molecule has 6 heteroatoms. The molecule has 0 spiro atoms. The molecular weight excluding hydrogens is 359 g/mol. The number of hydrogen-bond donors (Lipinski definition) is 2. The monoisotopic (exact) mass is 389 g/mol. The molecule has 2 atom stereocenters. The quantitative estimate of drug-likeness (QED) is 0.578. The molecular formula is C22H30FN2O3+. The zero-order valence-corrected chi connectivity index (χ0v) is 16.4. The van der Waals surface area contributed by atoms with Crippen molar-refractivity contribution in [1.82, 2.24) is 4.57 Å². The highest BCUT2D eigenvalue weighted by atomic mass is 19.1. The molecule has 0 saturated heterocycles. The second-order valence-corrected chi connectivity index (χ2v) is 7.66. The highest BCUT2D eigenvalue weighted by molar-refractivity contribution is 5.69. The molecule has 3 rings (SSSR count). The van der Waals surface area contributed by atoms with Crippen LogP contribution in [0.15, 0.2) is 42.6 Å². The molecule has 1 saturated carbocycles. The van der Waals surface area contributed by atoms with Gasteiger partial charge in [0, 0.05) is 32.0 Å². The lowest BCUT2D eigenvalue weighted by Gasteiger charge is -2.23. The van der Waals surface area contributed by atoms with E-state index in [-0.39, 0.29) is 18.4 Å². The smallest absolute Gasteiger partial charge is 0.305 e. The number of esters is 1. The van der Waals surface area contributed by atoms with Crippen molar-refractivity contribution in [3.8, 4) is 0 Å². The number of aromatic nitrogens is 1. The van der Waals surface area contributed by atoms with Gasteiger partial charge in [0.2, 0.25) is 0 Å². The maximum absolute atomic E-state index is 13.5. The maximum Gasteiger partial charge on any atom is 0.305 e. The maximum atomic E-state index is 13.5. The Morgan fingerprint density at radius 3 is 2.89 bits per heavy atom. The van der Waals surface area contributed by atoms with Crippen LogP contribution in [0.4, 0.5) is 4.39 Å². The Hall–Kier alpha value is -2.18.